The summed E-state index contributed by atoms with van der Waals surface area (Å²) in [5.41, 5.74) is 1.13. The van der Waals surface area contributed by atoms with Crippen LogP contribution in [-0.4, -0.2) is 17.8 Å². The average molecular weight is 333 g/mol. The molecule has 0 bridgehead atoms. The number of hydrogen-bond acceptors (Lipinski definition) is 2. The monoisotopic (exact) mass is 331 g/mol. The van der Waals surface area contributed by atoms with E-state index < -0.39 is 0 Å². The molecule has 0 aliphatic heterocycles. The normalized spacial score (nSPS) is 24.2. The van der Waals surface area contributed by atoms with E-state index in [0.717, 1.165) is 53.8 Å². The summed E-state index contributed by atoms with van der Waals surface area (Å²) >= 11 is 9.57. The largest absolute Gasteiger partial charge is 0.393 e. The second kappa shape index (κ2) is 6.90. The summed E-state index contributed by atoms with van der Waals surface area (Å²) in [4.78, 5) is 0. The van der Waals surface area contributed by atoms with Crippen molar-refractivity contribution < 1.29 is 5.11 Å². The minimum Gasteiger partial charge on any atom is -0.393 e. The predicted molar refractivity (Wildman–Crippen MR) is 78.8 cm³/mol. The molecule has 0 aromatic heterocycles. The third kappa shape index (κ3) is 4.23. The Morgan fingerprint density at radius 2 is 2.00 bits per heavy atom. The highest BCUT2D eigenvalue weighted by molar-refractivity contribution is 9.10. The van der Waals surface area contributed by atoms with E-state index in [1.807, 2.05) is 18.2 Å². The number of nitrogens with one attached hydrogen (secondary N) is 1. The van der Waals surface area contributed by atoms with Gasteiger partial charge in [0.05, 0.1) is 6.10 Å². The first-order valence-corrected chi connectivity index (χ1v) is 7.65. The maximum absolute atomic E-state index is 9.45. The van der Waals surface area contributed by atoms with Gasteiger partial charge in [-0.15, -0.1) is 0 Å². The lowest BCUT2D eigenvalue weighted by molar-refractivity contribution is 0.108. The molecule has 2 N–H and O–H groups in total. The second-order valence-electron chi connectivity index (χ2n) is 5.04. The van der Waals surface area contributed by atoms with Crippen molar-refractivity contribution >= 4 is 27.5 Å². The number of hydrogen-bond donors (Lipinski definition) is 2. The standard InChI is InChI=1S/C14H19BrClNO/c15-12-4-3-11(14(16)7-12)9-17-8-10-1-5-13(18)6-2-10/h3-4,7,10,13,17-18H,1-2,5-6,8-9H2. The van der Waals surface area contributed by atoms with E-state index in [1.165, 1.54) is 0 Å². The quantitative estimate of drug-likeness (QED) is 0.880. The van der Waals surface area contributed by atoms with Gasteiger partial charge in [0, 0.05) is 16.0 Å². The van der Waals surface area contributed by atoms with Crippen molar-refractivity contribution in [3.8, 4) is 0 Å². The Kier molecular flexibility index (Phi) is 5.49. The lowest BCUT2D eigenvalue weighted by Gasteiger charge is -2.25. The Morgan fingerprint density at radius 1 is 1.28 bits per heavy atom. The van der Waals surface area contributed by atoms with Crippen molar-refractivity contribution in [2.75, 3.05) is 6.54 Å². The topological polar surface area (TPSA) is 32.3 Å². The van der Waals surface area contributed by atoms with Gasteiger partial charge in [0.15, 0.2) is 0 Å². The van der Waals surface area contributed by atoms with E-state index in [9.17, 15) is 5.11 Å². The van der Waals surface area contributed by atoms with Crippen LogP contribution in [0.5, 0.6) is 0 Å². The van der Waals surface area contributed by atoms with Crippen molar-refractivity contribution in [3.63, 3.8) is 0 Å². The molecule has 18 heavy (non-hydrogen) atoms. The van der Waals surface area contributed by atoms with Gasteiger partial charge >= 0.3 is 0 Å². The van der Waals surface area contributed by atoms with Crippen LogP contribution < -0.4 is 5.32 Å². The number of halogens is 2. The van der Waals surface area contributed by atoms with Gasteiger partial charge in [0.2, 0.25) is 0 Å². The van der Waals surface area contributed by atoms with Crippen LogP contribution in [-0.2, 0) is 6.54 Å². The van der Waals surface area contributed by atoms with E-state index >= 15 is 0 Å². The van der Waals surface area contributed by atoms with Crippen LogP contribution in [0.2, 0.25) is 5.02 Å². The van der Waals surface area contributed by atoms with Crippen LogP contribution in [0.1, 0.15) is 31.2 Å². The van der Waals surface area contributed by atoms with Crippen LogP contribution in [0.25, 0.3) is 0 Å². The molecule has 0 radical (unpaired) electrons. The van der Waals surface area contributed by atoms with E-state index in [1.54, 1.807) is 0 Å². The van der Waals surface area contributed by atoms with Gasteiger partial charge in [-0.1, -0.05) is 33.6 Å². The van der Waals surface area contributed by atoms with Gasteiger partial charge in [0.25, 0.3) is 0 Å². The van der Waals surface area contributed by atoms with Gasteiger partial charge < -0.3 is 10.4 Å². The fourth-order valence-electron chi connectivity index (χ4n) is 2.42. The zero-order valence-corrected chi connectivity index (χ0v) is 12.7. The van der Waals surface area contributed by atoms with Crippen molar-refractivity contribution in [3.05, 3.63) is 33.3 Å². The fourth-order valence-corrected chi connectivity index (χ4v) is 3.17. The molecular weight excluding hydrogens is 314 g/mol. The predicted octanol–water partition coefficient (Wildman–Crippen LogP) is 3.74. The van der Waals surface area contributed by atoms with Gasteiger partial charge in [-0.25, -0.2) is 0 Å². The summed E-state index contributed by atoms with van der Waals surface area (Å²) in [7, 11) is 0. The molecule has 0 spiro atoms. The van der Waals surface area contributed by atoms with Crippen LogP contribution in [0.4, 0.5) is 0 Å². The van der Waals surface area contributed by atoms with E-state index in [-0.39, 0.29) is 6.10 Å². The molecule has 1 aliphatic rings. The highest BCUT2D eigenvalue weighted by Crippen LogP contribution is 2.24. The van der Waals surface area contributed by atoms with Gasteiger partial charge in [-0.3, -0.25) is 0 Å². The van der Waals surface area contributed by atoms with Crippen molar-refractivity contribution in [1.29, 1.82) is 0 Å². The summed E-state index contributed by atoms with van der Waals surface area (Å²) in [5, 5.41) is 13.7. The molecule has 2 rings (SSSR count). The lowest BCUT2D eigenvalue weighted by Crippen LogP contribution is -2.27. The van der Waals surface area contributed by atoms with Crippen LogP contribution in [0.15, 0.2) is 22.7 Å². The summed E-state index contributed by atoms with van der Waals surface area (Å²) in [6.45, 7) is 1.82. The number of aliphatic hydroxyl groups excluding tert-OH is 1. The molecular formula is C14H19BrClNO. The molecule has 0 unspecified atom stereocenters. The Bertz CT molecular complexity index is 391. The second-order valence-corrected chi connectivity index (χ2v) is 6.36. The molecule has 1 aliphatic carbocycles. The summed E-state index contributed by atoms with van der Waals surface area (Å²) in [6, 6.07) is 5.99. The van der Waals surface area contributed by atoms with Gasteiger partial charge in [-0.05, 0) is 55.8 Å². The first-order chi connectivity index (χ1) is 8.65. The smallest absolute Gasteiger partial charge is 0.0540 e. The number of rotatable bonds is 4. The molecule has 1 saturated carbocycles. The number of benzene rings is 1. The molecule has 0 saturated heterocycles. The Labute approximate surface area is 122 Å². The zero-order valence-electron chi connectivity index (χ0n) is 10.3. The first-order valence-electron chi connectivity index (χ1n) is 6.48. The fraction of sp³-hybridized carbons (Fsp3) is 0.571. The Morgan fingerprint density at radius 3 is 2.67 bits per heavy atom. The Hall–Kier alpha value is -0.0900. The summed E-state index contributed by atoms with van der Waals surface area (Å²) < 4.78 is 1.01. The van der Waals surface area contributed by atoms with Crippen LogP contribution in [0.3, 0.4) is 0 Å². The van der Waals surface area contributed by atoms with Gasteiger partial charge in [0.1, 0.15) is 0 Å². The third-order valence-electron chi connectivity index (χ3n) is 3.58. The Balaban J connectivity index is 1.75. The molecule has 1 aromatic rings. The molecule has 1 aromatic carbocycles. The maximum atomic E-state index is 9.45. The van der Waals surface area contributed by atoms with Crippen molar-refractivity contribution in [1.82, 2.24) is 5.32 Å². The molecule has 1 fully saturated rings. The van der Waals surface area contributed by atoms with E-state index in [2.05, 4.69) is 21.2 Å². The minimum absolute atomic E-state index is 0.0674. The summed E-state index contributed by atoms with van der Waals surface area (Å²) in [6.07, 6.45) is 4.09. The highest BCUT2D eigenvalue weighted by atomic mass is 79.9. The highest BCUT2D eigenvalue weighted by Gasteiger charge is 2.18. The van der Waals surface area contributed by atoms with Crippen LogP contribution in [0, 0.1) is 5.92 Å². The SMILES string of the molecule is OC1CCC(CNCc2ccc(Br)cc2Cl)CC1. The molecule has 100 valence electrons. The molecule has 0 atom stereocenters. The molecule has 2 nitrogen and oxygen atoms in total. The lowest BCUT2D eigenvalue weighted by atomic mass is 9.87. The van der Waals surface area contributed by atoms with E-state index in [0.29, 0.717) is 5.92 Å². The maximum Gasteiger partial charge on any atom is 0.0540 e. The first kappa shape index (κ1) is 14.3. The number of aliphatic hydroxyl groups is 1. The summed E-state index contributed by atoms with van der Waals surface area (Å²) in [5.74, 6) is 0.697. The van der Waals surface area contributed by atoms with Crippen LogP contribution >= 0.6 is 27.5 Å². The molecule has 0 amide bonds. The van der Waals surface area contributed by atoms with Crippen molar-refractivity contribution in [2.45, 2.75) is 38.3 Å². The molecule has 4 heteroatoms. The third-order valence-corrected chi connectivity index (χ3v) is 4.42. The molecule has 0 heterocycles. The zero-order chi connectivity index (χ0) is 13.0. The average Bonchev–Trinajstić information content (AvgIpc) is 2.34. The minimum atomic E-state index is -0.0674. The van der Waals surface area contributed by atoms with Gasteiger partial charge in [-0.2, -0.15) is 0 Å². The van der Waals surface area contributed by atoms with E-state index in [4.69, 9.17) is 11.6 Å². The van der Waals surface area contributed by atoms with Crippen molar-refractivity contribution in [2.24, 2.45) is 5.92 Å².